The van der Waals surface area contributed by atoms with Crippen LogP contribution in [0.3, 0.4) is 0 Å². The van der Waals surface area contributed by atoms with E-state index in [0.717, 1.165) is 87.3 Å². The summed E-state index contributed by atoms with van der Waals surface area (Å²) < 4.78 is 4.86. The first-order chi connectivity index (χ1) is 35.0. The van der Waals surface area contributed by atoms with Crippen LogP contribution in [0.2, 0.25) is 0 Å². The molecule has 20 nitrogen and oxygen atoms in total. The molecule has 6 aromatic rings. The summed E-state index contributed by atoms with van der Waals surface area (Å²) in [6.45, 7) is 10.6. The number of nitrogens with two attached hydrogens (primary N) is 7. The number of nitrogens with one attached hydrogen (secondary N) is 1. The van der Waals surface area contributed by atoms with E-state index >= 15 is 0 Å². The number of hydrogen-bond acceptors (Lipinski definition) is 18. The van der Waals surface area contributed by atoms with E-state index in [1.807, 2.05) is 67.6 Å². The maximum Gasteiger partial charge on any atom is 0.409 e. The van der Waals surface area contributed by atoms with Gasteiger partial charge in [0.25, 0.3) is 5.69 Å². The molecule has 2 fully saturated rings. The lowest BCUT2D eigenvalue weighted by Gasteiger charge is -2.29. The first-order valence-corrected chi connectivity index (χ1v) is 24.2. The van der Waals surface area contributed by atoms with Gasteiger partial charge in [0.2, 0.25) is 0 Å². The van der Waals surface area contributed by atoms with E-state index in [-0.39, 0.29) is 17.8 Å². The van der Waals surface area contributed by atoms with Crippen molar-refractivity contribution >= 4 is 17.6 Å². The lowest BCUT2D eigenvalue weighted by Crippen LogP contribution is -2.43. The second-order valence-corrected chi connectivity index (χ2v) is 16.0. The molecule has 0 radical (unpaired) electrons. The number of pyridine rings is 5. The molecule has 0 saturated carbocycles. The summed E-state index contributed by atoms with van der Waals surface area (Å²) in [7, 11) is 0. The van der Waals surface area contributed by atoms with E-state index in [4.69, 9.17) is 44.9 Å². The van der Waals surface area contributed by atoms with Crippen LogP contribution < -0.4 is 45.5 Å². The summed E-state index contributed by atoms with van der Waals surface area (Å²) >= 11 is 0. The number of anilines is 1. The minimum absolute atomic E-state index is 0.0155. The number of likely N-dealkylation sites (tertiary alicyclic amines) is 2. The topological polar surface area (TPSA) is 335 Å². The molecule has 7 heterocycles. The number of nitrogens with zero attached hydrogens (tertiary/aromatic N) is 8. The zero-order valence-electron chi connectivity index (χ0n) is 41.8. The minimum atomic E-state index is -0.486. The molecule has 1 aromatic carbocycles. The van der Waals surface area contributed by atoms with Gasteiger partial charge in [-0.1, -0.05) is 48.5 Å². The molecule has 0 bridgehead atoms. The Morgan fingerprint density at radius 2 is 1.24 bits per heavy atom. The number of rotatable bonds is 12. The Labute approximate surface area is 425 Å². The lowest BCUT2D eigenvalue weighted by atomic mass is 10.1. The third kappa shape index (κ3) is 29.3. The number of ether oxygens (including phenoxy) is 1. The zero-order chi connectivity index (χ0) is 52.4. The van der Waals surface area contributed by atoms with Crippen LogP contribution in [0.5, 0.6) is 0 Å². The minimum Gasteiger partial charge on any atom is -0.450 e. The van der Waals surface area contributed by atoms with Crippen LogP contribution in [-0.4, -0.2) is 110 Å². The largest absolute Gasteiger partial charge is 0.450 e. The van der Waals surface area contributed by atoms with Crippen LogP contribution >= 0.6 is 0 Å². The predicted octanol–water partition coefficient (Wildman–Crippen LogP) is 4.74. The van der Waals surface area contributed by atoms with E-state index in [9.17, 15) is 14.9 Å². The van der Waals surface area contributed by atoms with E-state index in [1.54, 1.807) is 48.1 Å². The number of nitro groups is 1. The van der Waals surface area contributed by atoms with Gasteiger partial charge in [0, 0.05) is 120 Å². The highest BCUT2D eigenvalue weighted by atomic mass is 16.6. The molecular weight excluding hydrogens is 913 g/mol. The smallest absolute Gasteiger partial charge is 0.409 e. The van der Waals surface area contributed by atoms with Crippen molar-refractivity contribution in [2.75, 3.05) is 57.7 Å². The molecule has 2 aliphatic heterocycles. The van der Waals surface area contributed by atoms with Gasteiger partial charge < -0.3 is 55.1 Å². The number of aromatic nitrogens is 5. The van der Waals surface area contributed by atoms with Gasteiger partial charge >= 0.3 is 6.09 Å². The number of carbonyl (C=O) groups is 1. The summed E-state index contributed by atoms with van der Waals surface area (Å²) in [5.41, 5.74) is 43.7. The molecule has 1 amide bonds. The fourth-order valence-corrected chi connectivity index (χ4v) is 6.30. The van der Waals surface area contributed by atoms with Crippen molar-refractivity contribution in [3.8, 4) is 0 Å². The van der Waals surface area contributed by atoms with Crippen LogP contribution in [0.15, 0.2) is 147 Å². The molecule has 20 heteroatoms. The van der Waals surface area contributed by atoms with Crippen LogP contribution in [0, 0.1) is 10.1 Å². The van der Waals surface area contributed by atoms with Gasteiger partial charge in [-0.05, 0) is 117 Å². The molecular formula is C52H78N16O4. The maximum absolute atomic E-state index is 11.2. The molecule has 2 saturated heterocycles. The lowest BCUT2D eigenvalue weighted by molar-refractivity contribution is -0.385. The van der Waals surface area contributed by atoms with Gasteiger partial charge in [-0.2, -0.15) is 0 Å². The van der Waals surface area contributed by atoms with Crippen LogP contribution in [0.25, 0.3) is 0 Å². The standard InChI is InChI=1S/C12H18N2.C8H16N2O2.C7H10N4O2.C7H10N2.3C6H8N2/c13-12-6-8-14(9-7-12)10-11-4-2-1-3-5-11;1-2-12-8(11)10-5-3-7(9)4-6-10;8-3-4-9-7-2-1-6(5-10-7)11(12)13;8-5-4-7-3-1-2-6-9-7;7-5-6-1-3-8-4-2-6;7-4-6-2-1-3-8-5-6;7-5-6-3-1-2-4-8-6/h1-5,12H,6-10,13H2;7H,2-6,9H2,1H3;1-2,5H,3-4,8H2,(H,9,10);1-3,6H,4-5,8H2;1-4H,5,7H2;1-3,5H,4,7H2;1-4H,5,7H2. The monoisotopic (exact) mass is 991 g/mol. The fraction of sp³-hybridized carbons (Fsp3) is 0.385. The molecule has 0 atom stereocenters. The molecule has 72 heavy (non-hydrogen) atoms. The molecule has 0 aliphatic carbocycles. The summed E-state index contributed by atoms with van der Waals surface area (Å²) in [6.07, 6.45) is 16.4. The van der Waals surface area contributed by atoms with Gasteiger partial charge in [0.1, 0.15) is 12.0 Å². The number of piperidine rings is 2. The van der Waals surface area contributed by atoms with Gasteiger partial charge in [-0.15, -0.1) is 0 Å². The Bertz CT molecular complexity index is 2100. The Morgan fingerprint density at radius 1 is 0.639 bits per heavy atom. The molecule has 15 N–H and O–H groups in total. The molecule has 5 aromatic heterocycles. The first-order valence-electron chi connectivity index (χ1n) is 24.2. The second kappa shape index (κ2) is 39.8. The highest BCUT2D eigenvalue weighted by Gasteiger charge is 2.21. The zero-order valence-corrected chi connectivity index (χ0v) is 41.8. The van der Waals surface area contributed by atoms with Crippen molar-refractivity contribution in [2.24, 2.45) is 40.1 Å². The van der Waals surface area contributed by atoms with Crippen molar-refractivity contribution in [1.29, 1.82) is 0 Å². The summed E-state index contributed by atoms with van der Waals surface area (Å²) in [5.74, 6) is 0.594. The third-order valence-electron chi connectivity index (χ3n) is 10.4. The average Bonchev–Trinajstić information content (AvgIpc) is 3.44. The SMILES string of the molecule is CCOC(=O)N1CCC(N)CC1.NC1CCN(Cc2ccccc2)CC1.NCCNc1ccc([N+](=O)[O-])cn1.NCCc1ccccn1.NCc1ccccn1.NCc1cccnc1.NCc1ccncc1. The van der Waals surface area contributed by atoms with Gasteiger partial charge in [0.05, 0.1) is 17.2 Å². The molecule has 0 spiro atoms. The van der Waals surface area contributed by atoms with Crippen molar-refractivity contribution in [2.45, 2.75) is 77.3 Å². The van der Waals surface area contributed by atoms with Crippen molar-refractivity contribution in [1.82, 2.24) is 34.7 Å². The summed E-state index contributed by atoms with van der Waals surface area (Å²) in [5, 5.41) is 13.2. The number of benzene rings is 1. The van der Waals surface area contributed by atoms with E-state index in [2.05, 4.69) is 65.5 Å². The summed E-state index contributed by atoms with van der Waals surface area (Å²) in [6, 6.07) is 33.5. The Morgan fingerprint density at radius 3 is 1.68 bits per heavy atom. The first kappa shape index (κ1) is 61.2. The number of amides is 1. The van der Waals surface area contributed by atoms with Crippen molar-refractivity contribution in [3.05, 3.63) is 185 Å². The second-order valence-electron chi connectivity index (χ2n) is 16.0. The quantitative estimate of drug-likeness (QED) is 0.0606. The Hall–Kier alpha value is -6.88. The fourth-order valence-electron chi connectivity index (χ4n) is 6.30. The molecule has 8 rings (SSSR count). The highest BCUT2D eigenvalue weighted by Crippen LogP contribution is 2.13. The van der Waals surface area contributed by atoms with E-state index < -0.39 is 4.92 Å². The summed E-state index contributed by atoms with van der Waals surface area (Å²) in [4.78, 5) is 44.7. The van der Waals surface area contributed by atoms with E-state index in [1.165, 1.54) is 17.8 Å². The van der Waals surface area contributed by atoms with Gasteiger partial charge in [0.15, 0.2) is 0 Å². The third-order valence-corrected chi connectivity index (χ3v) is 10.4. The van der Waals surface area contributed by atoms with Gasteiger partial charge in [-0.3, -0.25) is 35.0 Å². The molecule has 390 valence electrons. The molecule has 0 unspecified atom stereocenters. The van der Waals surface area contributed by atoms with Crippen LogP contribution in [0.1, 0.15) is 60.7 Å². The van der Waals surface area contributed by atoms with Crippen molar-refractivity contribution in [3.63, 3.8) is 0 Å². The van der Waals surface area contributed by atoms with E-state index in [0.29, 0.717) is 57.7 Å². The van der Waals surface area contributed by atoms with Gasteiger partial charge in [-0.25, -0.2) is 9.78 Å². The normalized spacial score (nSPS) is 13.0. The van der Waals surface area contributed by atoms with Crippen LogP contribution in [0.4, 0.5) is 16.3 Å². The molecule has 2 aliphatic rings. The number of hydrogen-bond donors (Lipinski definition) is 8. The predicted molar refractivity (Wildman–Crippen MR) is 287 cm³/mol. The maximum atomic E-state index is 11.2. The van der Waals surface area contributed by atoms with Crippen LogP contribution in [-0.2, 0) is 37.3 Å². The Kier molecular flexibility index (Phi) is 33.8. The Balaban J connectivity index is 0.000000291. The van der Waals surface area contributed by atoms with Crippen molar-refractivity contribution < 1.29 is 14.5 Å². The number of carbonyl (C=O) groups excluding carboxylic acids is 1. The average molecular weight is 991 g/mol. The highest BCUT2D eigenvalue weighted by molar-refractivity contribution is 5.67.